The predicted octanol–water partition coefficient (Wildman–Crippen LogP) is 0.831. The number of nitrogens with zero attached hydrogens (tertiary/aromatic N) is 1. The first-order valence-corrected chi connectivity index (χ1v) is 6.77. The van der Waals surface area contributed by atoms with Gasteiger partial charge in [0.2, 0.25) is 5.91 Å². The maximum absolute atomic E-state index is 11.6. The Kier molecular flexibility index (Phi) is 5.92. The summed E-state index contributed by atoms with van der Waals surface area (Å²) in [5.41, 5.74) is 0. The average molecular weight is 241 g/mol. The Morgan fingerprint density at radius 3 is 2.76 bits per heavy atom. The van der Waals surface area contributed by atoms with E-state index in [1.807, 2.05) is 13.8 Å². The molecule has 1 heterocycles. The molecule has 0 radical (unpaired) electrons. The molecule has 3 unspecified atom stereocenters. The van der Waals surface area contributed by atoms with Gasteiger partial charge >= 0.3 is 0 Å². The fraction of sp³-hybridized carbons (Fsp3) is 0.923. The van der Waals surface area contributed by atoms with Gasteiger partial charge in [-0.2, -0.15) is 0 Å². The van der Waals surface area contributed by atoms with Gasteiger partial charge < -0.3 is 15.5 Å². The van der Waals surface area contributed by atoms with Crippen molar-refractivity contribution in [2.75, 3.05) is 26.7 Å². The lowest BCUT2D eigenvalue weighted by molar-refractivity contribution is -0.122. The number of hydrogen-bond acceptors (Lipinski definition) is 3. The van der Waals surface area contributed by atoms with Crippen LogP contribution in [0.25, 0.3) is 0 Å². The van der Waals surface area contributed by atoms with Gasteiger partial charge in [-0.3, -0.25) is 4.79 Å². The Balaban J connectivity index is 2.36. The topological polar surface area (TPSA) is 44.4 Å². The van der Waals surface area contributed by atoms with E-state index < -0.39 is 0 Å². The summed E-state index contributed by atoms with van der Waals surface area (Å²) in [6.07, 6.45) is 2.53. The second-order valence-corrected chi connectivity index (χ2v) is 5.24. The minimum Gasteiger partial charge on any atom is -0.355 e. The van der Waals surface area contributed by atoms with Crippen LogP contribution in [0.4, 0.5) is 0 Å². The lowest BCUT2D eigenvalue weighted by atomic mass is 9.91. The molecule has 0 bridgehead atoms. The second kappa shape index (κ2) is 6.97. The Labute approximate surface area is 105 Å². The molecular weight excluding hydrogens is 214 g/mol. The molecule has 0 aromatic rings. The van der Waals surface area contributed by atoms with Crippen molar-refractivity contribution in [1.29, 1.82) is 0 Å². The van der Waals surface area contributed by atoms with E-state index in [0.717, 1.165) is 6.54 Å². The van der Waals surface area contributed by atoms with Gasteiger partial charge in [0.25, 0.3) is 0 Å². The van der Waals surface area contributed by atoms with Gasteiger partial charge in [0, 0.05) is 19.1 Å². The van der Waals surface area contributed by atoms with Gasteiger partial charge in [-0.15, -0.1) is 0 Å². The molecule has 1 saturated heterocycles. The number of likely N-dealkylation sites (tertiary alicyclic amines) is 1. The molecule has 0 aliphatic carbocycles. The molecule has 1 amide bonds. The molecule has 100 valence electrons. The molecule has 0 spiro atoms. The van der Waals surface area contributed by atoms with Gasteiger partial charge in [-0.25, -0.2) is 0 Å². The van der Waals surface area contributed by atoms with Crippen molar-refractivity contribution in [3.8, 4) is 0 Å². The quantitative estimate of drug-likeness (QED) is 0.749. The summed E-state index contributed by atoms with van der Waals surface area (Å²) in [7, 11) is 2.17. The maximum Gasteiger partial charge on any atom is 0.236 e. The summed E-state index contributed by atoms with van der Waals surface area (Å²) in [6, 6.07) is 0.299. The van der Waals surface area contributed by atoms with Crippen molar-refractivity contribution in [3.63, 3.8) is 0 Å². The Bertz CT molecular complexity index is 245. The second-order valence-electron chi connectivity index (χ2n) is 5.24. The van der Waals surface area contributed by atoms with Crippen LogP contribution in [0, 0.1) is 5.92 Å². The number of likely N-dealkylation sites (N-methyl/N-ethyl adjacent to an activating group) is 1. The van der Waals surface area contributed by atoms with Crippen molar-refractivity contribution >= 4 is 5.91 Å². The van der Waals surface area contributed by atoms with E-state index in [2.05, 4.69) is 29.5 Å². The van der Waals surface area contributed by atoms with Crippen molar-refractivity contribution in [2.24, 2.45) is 5.92 Å². The normalized spacial score (nSPS) is 25.3. The molecule has 0 saturated carbocycles. The summed E-state index contributed by atoms with van der Waals surface area (Å²) in [5, 5.41) is 6.27. The fourth-order valence-electron chi connectivity index (χ4n) is 2.55. The fourth-order valence-corrected chi connectivity index (χ4v) is 2.55. The number of carbonyl (C=O) groups is 1. The molecule has 3 atom stereocenters. The highest BCUT2D eigenvalue weighted by Crippen LogP contribution is 2.18. The Hall–Kier alpha value is -0.610. The summed E-state index contributed by atoms with van der Waals surface area (Å²) >= 11 is 0. The summed E-state index contributed by atoms with van der Waals surface area (Å²) in [4.78, 5) is 14.0. The number of amides is 1. The van der Waals surface area contributed by atoms with E-state index in [0.29, 0.717) is 18.5 Å². The van der Waals surface area contributed by atoms with Crippen LogP contribution in [-0.2, 0) is 4.79 Å². The molecule has 1 fully saturated rings. The third-order valence-electron chi connectivity index (χ3n) is 3.63. The Morgan fingerprint density at radius 2 is 2.18 bits per heavy atom. The highest BCUT2D eigenvalue weighted by Gasteiger charge is 2.25. The van der Waals surface area contributed by atoms with Gasteiger partial charge in [0.05, 0.1) is 6.04 Å². The van der Waals surface area contributed by atoms with Crippen LogP contribution in [0.2, 0.25) is 0 Å². The molecule has 1 aliphatic heterocycles. The molecule has 4 nitrogen and oxygen atoms in total. The van der Waals surface area contributed by atoms with Gasteiger partial charge in [-0.1, -0.05) is 0 Å². The van der Waals surface area contributed by atoms with Crippen molar-refractivity contribution < 1.29 is 4.79 Å². The lowest BCUT2D eigenvalue weighted by Gasteiger charge is -2.35. The highest BCUT2D eigenvalue weighted by molar-refractivity contribution is 5.81. The molecule has 1 rings (SSSR count). The van der Waals surface area contributed by atoms with Crippen molar-refractivity contribution in [3.05, 3.63) is 0 Å². The molecule has 0 aromatic heterocycles. The van der Waals surface area contributed by atoms with Crippen LogP contribution in [0.15, 0.2) is 0 Å². The van der Waals surface area contributed by atoms with E-state index in [9.17, 15) is 4.79 Å². The zero-order chi connectivity index (χ0) is 12.8. The third kappa shape index (κ3) is 4.64. The van der Waals surface area contributed by atoms with Crippen LogP contribution in [-0.4, -0.2) is 49.6 Å². The van der Waals surface area contributed by atoms with Crippen molar-refractivity contribution in [1.82, 2.24) is 15.5 Å². The van der Waals surface area contributed by atoms with Crippen LogP contribution < -0.4 is 10.6 Å². The number of rotatable bonds is 5. The average Bonchev–Trinajstić information content (AvgIpc) is 2.29. The number of carbonyl (C=O) groups excluding carboxylic acids is 1. The number of piperidine rings is 1. The minimum atomic E-state index is -0.0998. The number of hydrogen-bond donors (Lipinski definition) is 2. The van der Waals surface area contributed by atoms with E-state index >= 15 is 0 Å². The van der Waals surface area contributed by atoms with E-state index in [1.54, 1.807) is 0 Å². The van der Waals surface area contributed by atoms with Gasteiger partial charge in [-0.05, 0) is 53.1 Å². The molecule has 2 N–H and O–H groups in total. The largest absolute Gasteiger partial charge is 0.355 e. The third-order valence-corrected chi connectivity index (χ3v) is 3.63. The van der Waals surface area contributed by atoms with Gasteiger partial charge in [0.1, 0.15) is 0 Å². The van der Waals surface area contributed by atoms with Crippen molar-refractivity contribution in [2.45, 2.75) is 45.7 Å². The number of nitrogens with one attached hydrogen (secondary N) is 2. The summed E-state index contributed by atoms with van der Waals surface area (Å²) in [5.74, 6) is 0.758. The first kappa shape index (κ1) is 14.5. The zero-order valence-electron chi connectivity index (χ0n) is 11.6. The monoisotopic (exact) mass is 241 g/mol. The van der Waals surface area contributed by atoms with E-state index in [1.165, 1.54) is 19.4 Å². The molecule has 4 heteroatoms. The Morgan fingerprint density at radius 1 is 1.47 bits per heavy atom. The molecule has 17 heavy (non-hydrogen) atoms. The van der Waals surface area contributed by atoms with Crippen LogP contribution in [0.3, 0.4) is 0 Å². The van der Waals surface area contributed by atoms with E-state index in [4.69, 9.17) is 0 Å². The first-order chi connectivity index (χ1) is 8.04. The smallest absolute Gasteiger partial charge is 0.236 e. The van der Waals surface area contributed by atoms with Gasteiger partial charge in [0.15, 0.2) is 0 Å². The highest BCUT2D eigenvalue weighted by atomic mass is 16.2. The van der Waals surface area contributed by atoms with Crippen LogP contribution in [0.1, 0.15) is 33.6 Å². The van der Waals surface area contributed by atoms with Crippen LogP contribution in [0.5, 0.6) is 0 Å². The van der Waals surface area contributed by atoms with Crippen LogP contribution >= 0.6 is 0 Å². The van der Waals surface area contributed by atoms with E-state index in [-0.39, 0.29) is 11.9 Å². The SMILES string of the molecule is CCNC(=O)C(C)NC(C)C1CCCN(C)C1. The molecule has 1 aliphatic rings. The predicted molar refractivity (Wildman–Crippen MR) is 71.0 cm³/mol. The standard InChI is InChI=1S/C13H27N3O/c1-5-14-13(17)11(3)15-10(2)12-7-6-8-16(4)9-12/h10-12,15H,5-9H2,1-4H3,(H,14,17). The minimum absolute atomic E-state index is 0.0998. The summed E-state index contributed by atoms with van der Waals surface area (Å²) in [6.45, 7) is 9.12. The molecular formula is C13H27N3O. The zero-order valence-corrected chi connectivity index (χ0v) is 11.6. The maximum atomic E-state index is 11.6. The lowest BCUT2D eigenvalue weighted by Crippen LogP contribution is -2.50. The summed E-state index contributed by atoms with van der Waals surface area (Å²) < 4.78 is 0. The molecule has 0 aromatic carbocycles. The first-order valence-electron chi connectivity index (χ1n) is 6.77.